The maximum Gasteiger partial charge on any atom is 0.257 e. The van der Waals surface area contributed by atoms with Gasteiger partial charge in [-0.25, -0.2) is 8.42 Å². The normalized spacial score (nSPS) is 10.7. The van der Waals surface area contributed by atoms with Crippen molar-refractivity contribution in [3.8, 4) is 0 Å². The van der Waals surface area contributed by atoms with Gasteiger partial charge in [0, 0.05) is 15.6 Å². The first-order valence-corrected chi connectivity index (χ1v) is 5.05. The Morgan fingerprint density at radius 3 is 2.23 bits per heavy atom. The second kappa shape index (κ2) is 4.81. The summed E-state index contributed by atoms with van der Waals surface area (Å²) in [6.45, 7) is 0.996. The molecule has 0 N–H and O–H groups in total. The Morgan fingerprint density at radius 2 is 1.77 bits per heavy atom. The summed E-state index contributed by atoms with van der Waals surface area (Å²) in [5, 5.41) is 0.675. The molecule has 0 spiro atoms. The largest absolute Gasteiger partial charge is 0.261 e. The number of benzene rings is 1. The zero-order valence-corrected chi connectivity index (χ0v) is 8.64. The topological polar surface area (TPSA) is 43.4 Å². The van der Waals surface area contributed by atoms with Crippen LogP contribution >= 0.6 is 23.2 Å². The molecular formula is C7H5Cl2O3S. The van der Waals surface area contributed by atoms with E-state index in [1.54, 1.807) is 18.2 Å². The number of halogens is 2. The van der Waals surface area contributed by atoms with Gasteiger partial charge in [-0.05, 0) is 12.1 Å². The molecule has 0 atom stereocenters. The molecule has 3 nitrogen and oxygen atoms in total. The molecule has 1 radical (unpaired) electrons. The second-order valence-electron chi connectivity index (χ2n) is 2.08. The SMILES string of the molecule is O=[SH](=O)O[CH]c1c(Cl)cccc1Cl. The molecule has 0 aliphatic heterocycles. The lowest BCUT2D eigenvalue weighted by molar-refractivity contribution is 0.429. The van der Waals surface area contributed by atoms with Crippen LogP contribution in [0.15, 0.2) is 18.2 Å². The first-order valence-electron chi connectivity index (χ1n) is 3.19. The maximum absolute atomic E-state index is 10.1. The predicted molar refractivity (Wildman–Crippen MR) is 51.3 cm³/mol. The molecule has 0 heterocycles. The Hall–Kier alpha value is -0.290. The maximum atomic E-state index is 10.1. The highest BCUT2D eigenvalue weighted by atomic mass is 35.5. The molecule has 0 unspecified atom stereocenters. The highest BCUT2D eigenvalue weighted by molar-refractivity contribution is 7.67. The van der Waals surface area contributed by atoms with Crippen molar-refractivity contribution in [2.24, 2.45) is 0 Å². The molecular weight excluding hydrogens is 235 g/mol. The van der Waals surface area contributed by atoms with E-state index in [-0.39, 0.29) is 0 Å². The summed E-state index contributed by atoms with van der Waals surface area (Å²) in [6.07, 6.45) is 0. The third kappa shape index (κ3) is 3.15. The lowest BCUT2D eigenvalue weighted by atomic mass is 10.2. The van der Waals surface area contributed by atoms with Crippen LogP contribution in [0.2, 0.25) is 10.0 Å². The van der Waals surface area contributed by atoms with Crippen molar-refractivity contribution in [2.75, 3.05) is 0 Å². The Bertz CT molecular complexity index is 348. The van der Waals surface area contributed by atoms with Gasteiger partial charge >= 0.3 is 0 Å². The Balaban J connectivity index is 2.87. The van der Waals surface area contributed by atoms with Crippen LogP contribution in [0, 0.1) is 6.61 Å². The molecule has 0 saturated carbocycles. The van der Waals surface area contributed by atoms with Crippen molar-refractivity contribution >= 4 is 34.2 Å². The average molecular weight is 240 g/mol. The highest BCUT2D eigenvalue weighted by Gasteiger charge is 2.06. The van der Waals surface area contributed by atoms with E-state index >= 15 is 0 Å². The Labute approximate surface area is 87.4 Å². The fraction of sp³-hybridized carbons (Fsp3) is 0. The molecule has 71 valence electrons. The lowest BCUT2D eigenvalue weighted by Crippen LogP contribution is -1.90. The Kier molecular flexibility index (Phi) is 3.99. The van der Waals surface area contributed by atoms with Crippen molar-refractivity contribution in [3.63, 3.8) is 0 Å². The van der Waals surface area contributed by atoms with Crippen molar-refractivity contribution in [1.82, 2.24) is 0 Å². The van der Waals surface area contributed by atoms with Gasteiger partial charge in [0.25, 0.3) is 11.0 Å². The van der Waals surface area contributed by atoms with E-state index < -0.39 is 11.0 Å². The molecule has 0 aliphatic rings. The van der Waals surface area contributed by atoms with Gasteiger partial charge < -0.3 is 0 Å². The van der Waals surface area contributed by atoms with Crippen LogP contribution < -0.4 is 0 Å². The fourth-order valence-corrected chi connectivity index (χ4v) is 1.40. The summed E-state index contributed by atoms with van der Waals surface area (Å²) in [5.41, 5.74) is 0.352. The van der Waals surface area contributed by atoms with Gasteiger partial charge in [0.05, 0.1) is 0 Å². The van der Waals surface area contributed by atoms with Crippen LogP contribution in [0.1, 0.15) is 5.56 Å². The van der Waals surface area contributed by atoms with E-state index in [0.717, 1.165) is 6.61 Å². The molecule has 6 heteroatoms. The van der Waals surface area contributed by atoms with E-state index in [1.165, 1.54) is 0 Å². The standard InChI is InChI=1S/C7H5Cl2O3S/c8-6-2-1-3-7(9)5(6)4-12-13(10)11/h1-4,13H. The summed E-state index contributed by atoms with van der Waals surface area (Å²) in [4.78, 5) is 0. The minimum absolute atomic E-state index is 0.337. The van der Waals surface area contributed by atoms with Crippen LogP contribution in [0.3, 0.4) is 0 Å². The van der Waals surface area contributed by atoms with Crippen molar-refractivity contribution < 1.29 is 12.6 Å². The summed E-state index contributed by atoms with van der Waals surface area (Å²) in [6, 6.07) is 4.82. The molecule has 1 rings (SSSR count). The van der Waals surface area contributed by atoms with E-state index in [4.69, 9.17) is 23.2 Å². The average Bonchev–Trinajstić information content (AvgIpc) is 2.03. The zero-order chi connectivity index (χ0) is 9.84. The molecule has 0 aliphatic carbocycles. The molecule has 0 amide bonds. The smallest absolute Gasteiger partial charge is 0.257 e. The molecule has 0 aromatic heterocycles. The third-order valence-electron chi connectivity index (χ3n) is 1.26. The third-order valence-corrected chi connectivity index (χ3v) is 2.19. The number of hydrogen-bond donors (Lipinski definition) is 1. The summed E-state index contributed by atoms with van der Waals surface area (Å²) in [5.74, 6) is 0. The van der Waals surface area contributed by atoms with E-state index in [0.29, 0.717) is 15.6 Å². The summed E-state index contributed by atoms with van der Waals surface area (Å²) in [7, 11) is -2.92. The van der Waals surface area contributed by atoms with Crippen LogP contribution in [-0.2, 0) is 15.2 Å². The van der Waals surface area contributed by atoms with Crippen LogP contribution in [0.5, 0.6) is 0 Å². The zero-order valence-electron chi connectivity index (χ0n) is 6.24. The van der Waals surface area contributed by atoms with Gasteiger partial charge in [0.2, 0.25) is 0 Å². The minimum Gasteiger partial charge on any atom is -0.261 e. The van der Waals surface area contributed by atoms with E-state index in [9.17, 15) is 8.42 Å². The monoisotopic (exact) mass is 239 g/mol. The second-order valence-corrected chi connectivity index (χ2v) is 3.55. The van der Waals surface area contributed by atoms with E-state index in [2.05, 4.69) is 4.18 Å². The molecule has 0 fully saturated rings. The summed E-state index contributed by atoms with van der Waals surface area (Å²) < 4.78 is 24.4. The predicted octanol–water partition coefficient (Wildman–Crippen LogP) is 2.05. The van der Waals surface area contributed by atoms with Gasteiger partial charge in [-0.1, -0.05) is 29.3 Å². The van der Waals surface area contributed by atoms with Crippen molar-refractivity contribution in [3.05, 3.63) is 40.4 Å². The van der Waals surface area contributed by atoms with E-state index in [1.807, 2.05) is 0 Å². The van der Waals surface area contributed by atoms with Crippen LogP contribution in [0.4, 0.5) is 0 Å². The summed E-state index contributed by atoms with van der Waals surface area (Å²) >= 11 is 11.4. The van der Waals surface area contributed by atoms with Gasteiger partial charge in [-0.3, -0.25) is 4.18 Å². The van der Waals surface area contributed by atoms with Gasteiger partial charge in [0.1, 0.15) is 6.61 Å². The van der Waals surface area contributed by atoms with Gasteiger partial charge in [-0.2, -0.15) is 0 Å². The first kappa shape index (κ1) is 10.8. The number of thiol groups is 1. The Morgan fingerprint density at radius 1 is 1.23 bits per heavy atom. The number of rotatable bonds is 3. The molecule has 1 aromatic carbocycles. The number of hydrogen-bond acceptors (Lipinski definition) is 3. The first-order chi connectivity index (χ1) is 6.11. The molecule has 13 heavy (non-hydrogen) atoms. The quantitative estimate of drug-likeness (QED) is 0.822. The van der Waals surface area contributed by atoms with Gasteiger partial charge in [-0.15, -0.1) is 0 Å². The van der Waals surface area contributed by atoms with Crippen LogP contribution in [-0.4, -0.2) is 8.42 Å². The lowest BCUT2D eigenvalue weighted by Gasteiger charge is -2.02. The molecule has 1 aromatic rings. The minimum atomic E-state index is -2.92. The van der Waals surface area contributed by atoms with Crippen molar-refractivity contribution in [2.45, 2.75) is 0 Å². The molecule has 0 saturated heterocycles. The van der Waals surface area contributed by atoms with Crippen LogP contribution in [0.25, 0.3) is 0 Å². The highest BCUT2D eigenvalue weighted by Crippen LogP contribution is 2.25. The fourth-order valence-electron chi connectivity index (χ4n) is 0.719. The molecule has 0 bridgehead atoms. The van der Waals surface area contributed by atoms with Crippen molar-refractivity contribution in [1.29, 1.82) is 0 Å². The van der Waals surface area contributed by atoms with Gasteiger partial charge in [0.15, 0.2) is 0 Å².